The number of hydrogen-bond donors (Lipinski definition) is 0. The number of rotatable bonds is 5. The Kier molecular flexibility index (Phi) is 5.36. The smallest absolute Gasteiger partial charge is 0.127 e. The normalized spacial score (nSPS) is 16.1. The number of benzene rings is 1. The molecular formula is C20H27N3O. The van der Waals surface area contributed by atoms with Crippen molar-refractivity contribution in [2.45, 2.75) is 25.9 Å². The number of nitrogens with zero attached hydrogens (tertiary/aromatic N) is 3. The summed E-state index contributed by atoms with van der Waals surface area (Å²) < 4.78 is 6.14. The molecule has 1 aromatic carbocycles. The van der Waals surface area contributed by atoms with Gasteiger partial charge in [-0.2, -0.15) is 0 Å². The van der Waals surface area contributed by atoms with E-state index in [-0.39, 0.29) is 0 Å². The maximum atomic E-state index is 6.14. The highest BCUT2D eigenvalue weighted by molar-refractivity contribution is 5.64. The highest BCUT2D eigenvalue weighted by atomic mass is 16.5. The van der Waals surface area contributed by atoms with Crippen molar-refractivity contribution in [3.05, 3.63) is 42.6 Å². The van der Waals surface area contributed by atoms with Crippen LogP contribution in [0, 0.1) is 0 Å². The van der Waals surface area contributed by atoms with Gasteiger partial charge in [0.1, 0.15) is 17.7 Å². The summed E-state index contributed by atoms with van der Waals surface area (Å²) >= 11 is 0. The number of pyridine rings is 1. The third-order valence-corrected chi connectivity index (χ3v) is 4.68. The number of ether oxygens (including phenoxy) is 1. The standard InChI is InChI=1S/C20H27N3O/c1-4-23-13-11-19(12-14-23)24-18-8-5-16(6-9-18)17-7-10-20(21-15-17)22(2)3/h5-10,15,19H,4,11-14H2,1-3H3. The molecule has 0 N–H and O–H groups in total. The van der Waals surface area contributed by atoms with Crippen molar-refractivity contribution in [1.82, 2.24) is 9.88 Å². The summed E-state index contributed by atoms with van der Waals surface area (Å²) in [6, 6.07) is 12.5. The van der Waals surface area contributed by atoms with E-state index in [0.717, 1.165) is 49.6 Å². The molecule has 128 valence electrons. The van der Waals surface area contributed by atoms with Gasteiger partial charge in [-0.15, -0.1) is 0 Å². The van der Waals surface area contributed by atoms with Gasteiger partial charge in [0.2, 0.25) is 0 Å². The zero-order chi connectivity index (χ0) is 16.9. The lowest BCUT2D eigenvalue weighted by Gasteiger charge is -2.31. The number of aromatic nitrogens is 1. The minimum absolute atomic E-state index is 0.347. The first kappa shape index (κ1) is 16.8. The lowest BCUT2D eigenvalue weighted by atomic mass is 10.1. The van der Waals surface area contributed by atoms with Crippen molar-refractivity contribution in [2.75, 3.05) is 38.6 Å². The second-order valence-electron chi connectivity index (χ2n) is 6.58. The molecule has 0 atom stereocenters. The van der Waals surface area contributed by atoms with Crippen LogP contribution in [0.25, 0.3) is 11.1 Å². The molecule has 3 rings (SSSR count). The second kappa shape index (κ2) is 7.67. The van der Waals surface area contributed by atoms with Crippen molar-refractivity contribution in [3.8, 4) is 16.9 Å². The van der Waals surface area contributed by atoms with Crippen molar-refractivity contribution in [1.29, 1.82) is 0 Å². The van der Waals surface area contributed by atoms with Gasteiger partial charge in [-0.05, 0) is 49.2 Å². The van der Waals surface area contributed by atoms with Crippen molar-refractivity contribution in [2.24, 2.45) is 0 Å². The number of anilines is 1. The summed E-state index contributed by atoms with van der Waals surface area (Å²) in [5, 5.41) is 0. The number of hydrogen-bond acceptors (Lipinski definition) is 4. The minimum atomic E-state index is 0.347. The molecule has 1 aliphatic rings. The van der Waals surface area contributed by atoms with Crippen LogP contribution in [0.5, 0.6) is 5.75 Å². The minimum Gasteiger partial charge on any atom is -0.490 e. The molecule has 0 aliphatic carbocycles. The molecular weight excluding hydrogens is 298 g/mol. The van der Waals surface area contributed by atoms with Gasteiger partial charge in [0.25, 0.3) is 0 Å². The molecule has 0 amide bonds. The third-order valence-electron chi connectivity index (χ3n) is 4.68. The van der Waals surface area contributed by atoms with Crippen LogP contribution in [-0.2, 0) is 0 Å². The number of likely N-dealkylation sites (tertiary alicyclic amines) is 1. The summed E-state index contributed by atoms with van der Waals surface area (Å²) in [5.74, 6) is 1.93. The summed E-state index contributed by atoms with van der Waals surface area (Å²) in [5.41, 5.74) is 2.30. The molecule has 0 saturated carbocycles. The fraction of sp³-hybridized carbons (Fsp3) is 0.450. The quantitative estimate of drug-likeness (QED) is 0.838. The van der Waals surface area contributed by atoms with E-state index in [1.807, 2.05) is 31.3 Å². The van der Waals surface area contributed by atoms with Crippen LogP contribution in [0.15, 0.2) is 42.6 Å². The Hall–Kier alpha value is -2.07. The maximum absolute atomic E-state index is 6.14. The van der Waals surface area contributed by atoms with Crippen molar-refractivity contribution < 1.29 is 4.74 Å². The van der Waals surface area contributed by atoms with Gasteiger partial charge in [0.15, 0.2) is 0 Å². The molecule has 0 bridgehead atoms. The molecule has 1 saturated heterocycles. The van der Waals surface area contributed by atoms with E-state index in [1.165, 1.54) is 5.56 Å². The fourth-order valence-electron chi connectivity index (χ4n) is 3.08. The largest absolute Gasteiger partial charge is 0.490 e. The highest BCUT2D eigenvalue weighted by Gasteiger charge is 2.19. The first-order valence-corrected chi connectivity index (χ1v) is 8.78. The molecule has 4 nitrogen and oxygen atoms in total. The van der Waals surface area contributed by atoms with Crippen LogP contribution in [0.1, 0.15) is 19.8 Å². The Morgan fingerprint density at radius 1 is 1.04 bits per heavy atom. The summed E-state index contributed by atoms with van der Waals surface area (Å²) in [6.45, 7) is 5.65. The molecule has 2 heterocycles. The van der Waals surface area contributed by atoms with Crippen LogP contribution in [0.2, 0.25) is 0 Å². The molecule has 0 spiro atoms. The van der Waals surface area contributed by atoms with Gasteiger partial charge in [-0.1, -0.05) is 19.1 Å². The lowest BCUT2D eigenvalue weighted by Crippen LogP contribution is -2.37. The lowest BCUT2D eigenvalue weighted by molar-refractivity contribution is 0.104. The molecule has 2 aromatic rings. The van der Waals surface area contributed by atoms with E-state index in [0.29, 0.717) is 6.10 Å². The Morgan fingerprint density at radius 2 is 1.71 bits per heavy atom. The number of piperidine rings is 1. The van der Waals surface area contributed by atoms with Gasteiger partial charge in [0, 0.05) is 38.9 Å². The van der Waals surface area contributed by atoms with Crippen LogP contribution >= 0.6 is 0 Å². The fourth-order valence-corrected chi connectivity index (χ4v) is 3.08. The van der Waals surface area contributed by atoms with Gasteiger partial charge >= 0.3 is 0 Å². The SMILES string of the molecule is CCN1CCC(Oc2ccc(-c3ccc(N(C)C)nc3)cc2)CC1. The van der Waals surface area contributed by atoms with Gasteiger partial charge in [-0.25, -0.2) is 4.98 Å². The Morgan fingerprint density at radius 3 is 2.25 bits per heavy atom. The first-order chi connectivity index (χ1) is 11.7. The van der Waals surface area contributed by atoms with E-state index in [4.69, 9.17) is 4.74 Å². The van der Waals surface area contributed by atoms with E-state index < -0.39 is 0 Å². The molecule has 0 radical (unpaired) electrons. The van der Waals surface area contributed by atoms with Crippen LogP contribution in [0.3, 0.4) is 0 Å². The highest BCUT2D eigenvalue weighted by Crippen LogP contribution is 2.25. The zero-order valence-electron chi connectivity index (χ0n) is 14.9. The van der Waals surface area contributed by atoms with Crippen LogP contribution in [-0.4, -0.2) is 49.7 Å². The van der Waals surface area contributed by atoms with E-state index in [1.54, 1.807) is 0 Å². The average Bonchev–Trinajstić information content (AvgIpc) is 2.63. The molecule has 0 unspecified atom stereocenters. The van der Waals surface area contributed by atoms with Crippen LogP contribution in [0.4, 0.5) is 5.82 Å². The maximum Gasteiger partial charge on any atom is 0.127 e. The molecule has 1 fully saturated rings. The molecule has 24 heavy (non-hydrogen) atoms. The van der Waals surface area contributed by atoms with Crippen molar-refractivity contribution >= 4 is 5.82 Å². The van der Waals surface area contributed by atoms with Gasteiger partial charge < -0.3 is 14.5 Å². The topological polar surface area (TPSA) is 28.6 Å². The van der Waals surface area contributed by atoms with Crippen LogP contribution < -0.4 is 9.64 Å². The second-order valence-corrected chi connectivity index (χ2v) is 6.58. The summed E-state index contributed by atoms with van der Waals surface area (Å²) in [4.78, 5) is 8.96. The predicted molar refractivity (Wildman–Crippen MR) is 99.8 cm³/mol. The monoisotopic (exact) mass is 325 g/mol. The Bertz CT molecular complexity index is 629. The molecule has 4 heteroatoms. The van der Waals surface area contributed by atoms with Crippen molar-refractivity contribution in [3.63, 3.8) is 0 Å². The average molecular weight is 325 g/mol. The summed E-state index contributed by atoms with van der Waals surface area (Å²) in [6.07, 6.45) is 4.50. The zero-order valence-corrected chi connectivity index (χ0v) is 14.9. The molecule has 1 aliphatic heterocycles. The van der Waals surface area contributed by atoms with Gasteiger partial charge in [0.05, 0.1) is 0 Å². The molecule has 1 aromatic heterocycles. The summed E-state index contributed by atoms with van der Waals surface area (Å²) in [7, 11) is 4.00. The van der Waals surface area contributed by atoms with E-state index in [2.05, 4.69) is 47.1 Å². The third kappa shape index (κ3) is 4.06. The van der Waals surface area contributed by atoms with E-state index >= 15 is 0 Å². The van der Waals surface area contributed by atoms with E-state index in [9.17, 15) is 0 Å². The Labute approximate surface area is 145 Å². The predicted octanol–water partition coefficient (Wildman–Crippen LogP) is 3.68. The first-order valence-electron chi connectivity index (χ1n) is 8.78. The van der Waals surface area contributed by atoms with Gasteiger partial charge in [-0.3, -0.25) is 0 Å². The Balaban J connectivity index is 1.61.